The van der Waals surface area contributed by atoms with E-state index >= 15 is 0 Å². The van der Waals surface area contributed by atoms with Gasteiger partial charge in [-0.3, -0.25) is 19.6 Å². The van der Waals surface area contributed by atoms with E-state index in [4.69, 9.17) is 20.1 Å². The van der Waals surface area contributed by atoms with Crippen molar-refractivity contribution in [1.29, 1.82) is 0 Å². The van der Waals surface area contributed by atoms with Crippen molar-refractivity contribution in [2.45, 2.75) is 6.92 Å². The first-order chi connectivity index (χ1) is 13.5. The van der Waals surface area contributed by atoms with Gasteiger partial charge in [0.2, 0.25) is 5.75 Å². The summed E-state index contributed by atoms with van der Waals surface area (Å²) in [6.07, 6.45) is 0. The Labute approximate surface area is 161 Å². The number of aromatic nitrogens is 1. The van der Waals surface area contributed by atoms with Gasteiger partial charge in [0.15, 0.2) is 11.5 Å². The Bertz CT molecular complexity index is 1050. The van der Waals surface area contributed by atoms with Gasteiger partial charge in [-0.25, -0.2) is 5.84 Å². The van der Waals surface area contributed by atoms with E-state index in [0.717, 1.165) is 0 Å². The Morgan fingerprint density at radius 2 is 1.61 bits per heavy atom. The molecule has 0 atom stereocenters. The number of carbonyl (C=O) groups is 2. The zero-order valence-electron chi connectivity index (χ0n) is 16.0. The smallest absolute Gasteiger partial charge is 0.267 e. The Morgan fingerprint density at radius 3 is 2.14 bits per heavy atom. The number of hydrazine groups is 1. The maximum Gasteiger partial charge on any atom is 0.267 e. The minimum atomic E-state index is -0.467. The number of hydrogen-bond acceptors (Lipinski definition) is 6. The molecule has 0 saturated carbocycles. The van der Waals surface area contributed by atoms with Gasteiger partial charge in [-0.15, -0.1) is 0 Å². The highest BCUT2D eigenvalue weighted by molar-refractivity contribution is 6.13. The molecule has 28 heavy (non-hydrogen) atoms. The lowest BCUT2D eigenvalue weighted by Crippen LogP contribution is -2.30. The molecule has 146 valence electrons. The van der Waals surface area contributed by atoms with Gasteiger partial charge in [0.1, 0.15) is 0 Å². The fourth-order valence-corrected chi connectivity index (χ4v) is 3.32. The molecule has 8 nitrogen and oxygen atoms in total. The van der Waals surface area contributed by atoms with Crippen LogP contribution in [0.25, 0.3) is 10.9 Å². The fraction of sp³-hybridized carbons (Fsp3) is 0.200. The van der Waals surface area contributed by atoms with Crippen LogP contribution < -0.4 is 25.5 Å². The van der Waals surface area contributed by atoms with Gasteiger partial charge in [0, 0.05) is 16.6 Å². The van der Waals surface area contributed by atoms with Crippen LogP contribution in [0.15, 0.2) is 36.4 Å². The van der Waals surface area contributed by atoms with Crippen LogP contribution in [0, 0.1) is 6.92 Å². The average Bonchev–Trinajstić information content (AvgIpc) is 3.03. The van der Waals surface area contributed by atoms with Crippen LogP contribution in [-0.2, 0) is 0 Å². The minimum absolute atomic E-state index is 0.318. The molecule has 0 radical (unpaired) electrons. The predicted molar refractivity (Wildman–Crippen MR) is 104 cm³/mol. The Balaban J connectivity index is 2.26. The zero-order chi connectivity index (χ0) is 20.4. The summed E-state index contributed by atoms with van der Waals surface area (Å²) in [6, 6.07) is 10.3. The van der Waals surface area contributed by atoms with E-state index in [9.17, 15) is 9.59 Å². The Morgan fingerprint density at radius 1 is 1.00 bits per heavy atom. The molecule has 0 aliphatic carbocycles. The average molecular weight is 383 g/mol. The molecule has 1 heterocycles. The maximum absolute atomic E-state index is 13.4. The van der Waals surface area contributed by atoms with Gasteiger partial charge in [0.25, 0.3) is 11.8 Å². The second kappa shape index (κ2) is 7.61. The molecule has 0 spiro atoms. The molecule has 0 aliphatic heterocycles. The van der Waals surface area contributed by atoms with Crippen LogP contribution in [0.2, 0.25) is 0 Å². The number of benzene rings is 2. The lowest BCUT2D eigenvalue weighted by Gasteiger charge is -2.14. The number of nitrogen functional groups attached to an aromatic ring is 1. The largest absolute Gasteiger partial charge is 0.493 e. The van der Waals surface area contributed by atoms with Crippen molar-refractivity contribution in [3.05, 3.63) is 53.2 Å². The van der Waals surface area contributed by atoms with Crippen LogP contribution >= 0.6 is 0 Å². The van der Waals surface area contributed by atoms with Gasteiger partial charge in [-0.2, -0.15) is 0 Å². The van der Waals surface area contributed by atoms with Crippen molar-refractivity contribution < 1.29 is 23.8 Å². The molecule has 2 aromatic carbocycles. The van der Waals surface area contributed by atoms with Gasteiger partial charge in [-0.05, 0) is 25.1 Å². The van der Waals surface area contributed by atoms with Crippen molar-refractivity contribution in [3.63, 3.8) is 0 Å². The molecule has 3 N–H and O–H groups in total. The van der Waals surface area contributed by atoms with Crippen molar-refractivity contribution in [1.82, 2.24) is 9.99 Å². The SMILES string of the molecule is COc1cc(C(=O)n2c(C)c(C(=O)NN)c3ccccc32)cc(OC)c1OC. The van der Waals surface area contributed by atoms with Crippen molar-refractivity contribution in [3.8, 4) is 17.2 Å². The molecular formula is C20H21N3O5. The number of rotatable bonds is 5. The minimum Gasteiger partial charge on any atom is -0.493 e. The van der Waals surface area contributed by atoms with Crippen LogP contribution in [0.4, 0.5) is 0 Å². The van der Waals surface area contributed by atoms with Crippen LogP contribution in [0.3, 0.4) is 0 Å². The van der Waals surface area contributed by atoms with Crippen LogP contribution in [0.5, 0.6) is 17.2 Å². The Hall–Kier alpha value is -3.52. The lowest BCUT2D eigenvalue weighted by molar-refractivity contribution is 0.0953. The summed E-state index contributed by atoms with van der Waals surface area (Å²) in [5, 5.41) is 0.628. The summed E-state index contributed by atoms with van der Waals surface area (Å²) < 4.78 is 17.5. The van der Waals surface area contributed by atoms with Crippen molar-refractivity contribution in [2.75, 3.05) is 21.3 Å². The summed E-state index contributed by atoms with van der Waals surface area (Å²) in [5.74, 6) is 5.63. The molecule has 3 aromatic rings. The van der Waals surface area contributed by atoms with E-state index in [0.29, 0.717) is 45.0 Å². The maximum atomic E-state index is 13.4. The molecule has 3 rings (SSSR count). The second-order valence-electron chi connectivity index (χ2n) is 6.01. The van der Waals surface area contributed by atoms with Crippen molar-refractivity contribution in [2.24, 2.45) is 5.84 Å². The molecule has 0 unspecified atom stereocenters. The van der Waals surface area contributed by atoms with E-state index in [-0.39, 0.29) is 5.91 Å². The summed E-state index contributed by atoms with van der Waals surface area (Å²) in [5.41, 5.74) is 3.87. The third-order valence-corrected chi connectivity index (χ3v) is 4.58. The number of nitrogens with zero attached hydrogens (tertiary/aromatic N) is 1. The molecular weight excluding hydrogens is 362 g/mol. The van der Waals surface area contributed by atoms with Crippen LogP contribution in [0.1, 0.15) is 26.4 Å². The summed E-state index contributed by atoms with van der Waals surface area (Å²) in [6.45, 7) is 1.69. The van der Waals surface area contributed by atoms with E-state index in [2.05, 4.69) is 5.43 Å². The number of fused-ring (bicyclic) bond motifs is 1. The molecule has 1 amide bonds. The summed E-state index contributed by atoms with van der Waals surface area (Å²) in [4.78, 5) is 25.7. The van der Waals surface area contributed by atoms with E-state index in [1.165, 1.54) is 25.9 Å². The van der Waals surface area contributed by atoms with E-state index < -0.39 is 5.91 Å². The van der Waals surface area contributed by atoms with Crippen LogP contribution in [-0.4, -0.2) is 37.7 Å². The Kier molecular flexibility index (Phi) is 5.23. The quantitative estimate of drug-likeness (QED) is 0.398. The zero-order valence-corrected chi connectivity index (χ0v) is 16.0. The molecule has 8 heteroatoms. The fourth-order valence-electron chi connectivity index (χ4n) is 3.32. The van der Waals surface area contributed by atoms with Gasteiger partial charge < -0.3 is 14.2 Å². The first kappa shape index (κ1) is 19.2. The molecule has 0 fully saturated rings. The highest BCUT2D eigenvalue weighted by Gasteiger charge is 2.25. The number of methoxy groups -OCH3 is 3. The highest BCUT2D eigenvalue weighted by atomic mass is 16.5. The summed E-state index contributed by atoms with van der Waals surface area (Å²) >= 11 is 0. The van der Waals surface area contributed by atoms with Crippen molar-refractivity contribution >= 4 is 22.7 Å². The molecule has 0 saturated heterocycles. The molecule has 0 aliphatic rings. The van der Waals surface area contributed by atoms with Gasteiger partial charge >= 0.3 is 0 Å². The number of ether oxygens (including phenoxy) is 3. The lowest BCUT2D eigenvalue weighted by atomic mass is 10.1. The number of carbonyl (C=O) groups excluding carboxylic acids is 2. The number of para-hydroxylation sites is 1. The molecule has 1 aromatic heterocycles. The number of hydrogen-bond donors (Lipinski definition) is 2. The van der Waals surface area contributed by atoms with Gasteiger partial charge in [0.05, 0.1) is 32.4 Å². The standard InChI is InChI=1S/C20H21N3O5/c1-11-17(19(24)22-21)13-7-5-6-8-14(13)23(11)20(25)12-9-15(26-2)18(28-4)16(10-12)27-3/h5-10H,21H2,1-4H3,(H,22,24). The predicted octanol–water partition coefficient (Wildman–Crippen LogP) is 2.27. The third-order valence-electron chi connectivity index (χ3n) is 4.58. The monoisotopic (exact) mass is 383 g/mol. The topological polar surface area (TPSA) is 105 Å². The third kappa shape index (κ3) is 2.93. The van der Waals surface area contributed by atoms with E-state index in [1.807, 2.05) is 0 Å². The first-order valence-corrected chi connectivity index (χ1v) is 8.44. The summed E-state index contributed by atoms with van der Waals surface area (Å²) in [7, 11) is 4.44. The number of nitrogens with one attached hydrogen (secondary N) is 1. The number of amides is 1. The van der Waals surface area contributed by atoms with Gasteiger partial charge in [-0.1, -0.05) is 18.2 Å². The first-order valence-electron chi connectivity index (χ1n) is 8.44. The second-order valence-corrected chi connectivity index (χ2v) is 6.01. The molecule has 0 bridgehead atoms. The highest BCUT2D eigenvalue weighted by Crippen LogP contribution is 2.39. The van der Waals surface area contributed by atoms with E-state index in [1.54, 1.807) is 43.3 Å². The number of nitrogens with two attached hydrogens (primary N) is 1. The normalized spacial score (nSPS) is 10.6.